The summed E-state index contributed by atoms with van der Waals surface area (Å²) in [6, 6.07) is 0. The summed E-state index contributed by atoms with van der Waals surface area (Å²) in [6.45, 7) is 7.08. The number of nitrogens with zero attached hydrogens (tertiary/aromatic N) is 4. The van der Waals surface area contributed by atoms with E-state index in [4.69, 9.17) is 5.84 Å². The highest BCUT2D eigenvalue weighted by molar-refractivity contribution is 5.57. The molecule has 0 saturated carbocycles. The SMILES string of the molecule is CCCN(CCN(C)C)c1ncnc(NN)c1C. The van der Waals surface area contributed by atoms with Gasteiger partial charge in [-0.15, -0.1) is 0 Å². The lowest BCUT2D eigenvalue weighted by Crippen LogP contribution is -2.33. The Balaban J connectivity index is 2.90. The maximum atomic E-state index is 5.45. The molecule has 0 aliphatic heterocycles. The smallest absolute Gasteiger partial charge is 0.148 e. The highest BCUT2D eigenvalue weighted by Crippen LogP contribution is 2.21. The number of hydrogen-bond acceptors (Lipinski definition) is 6. The van der Waals surface area contributed by atoms with Crippen LogP contribution < -0.4 is 16.2 Å². The number of anilines is 2. The Hall–Kier alpha value is -1.40. The van der Waals surface area contributed by atoms with Crippen molar-refractivity contribution in [3.8, 4) is 0 Å². The van der Waals surface area contributed by atoms with E-state index in [1.165, 1.54) is 0 Å². The number of nitrogen functional groups attached to an aromatic ring is 1. The van der Waals surface area contributed by atoms with Gasteiger partial charge in [0.2, 0.25) is 0 Å². The number of hydrazine groups is 1. The van der Waals surface area contributed by atoms with E-state index in [1.54, 1.807) is 6.33 Å². The molecular weight excluding hydrogens is 228 g/mol. The van der Waals surface area contributed by atoms with E-state index in [2.05, 4.69) is 46.2 Å². The molecule has 0 radical (unpaired) electrons. The molecule has 1 rings (SSSR count). The first-order valence-corrected chi connectivity index (χ1v) is 6.28. The van der Waals surface area contributed by atoms with E-state index in [0.717, 1.165) is 37.4 Å². The van der Waals surface area contributed by atoms with Gasteiger partial charge in [0.15, 0.2) is 0 Å². The Morgan fingerprint density at radius 3 is 2.50 bits per heavy atom. The first-order valence-electron chi connectivity index (χ1n) is 6.28. The second-order valence-corrected chi connectivity index (χ2v) is 4.61. The van der Waals surface area contributed by atoms with Crippen LogP contribution in [0.3, 0.4) is 0 Å². The summed E-state index contributed by atoms with van der Waals surface area (Å²) in [5.74, 6) is 7.09. The molecule has 0 fully saturated rings. The summed E-state index contributed by atoms with van der Waals surface area (Å²) in [4.78, 5) is 12.9. The predicted octanol–water partition coefficient (Wildman–Crippen LogP) is 0.849. The molecule has 3 N–H and O–H groups in total. The third-order valence-electron chi connectivity index (χ3n) is 2.80. The molecule has 0 amide bonds. The molecule has 0 spiro atoms. The van der Waals surface area contributed by atoms with Gasteiger partial charge >= 0.3 is 0 Å². The Kier molecular flexibility index (Phi) is 5.80. The Labute approximate surface area is 109 Å². The van der Waals surface area contributed by atoms with Crippen molar-refractivity contribution in [1.82, 2.24) is 14.9 Å². The topological polar surface area (TPSA) is 70.3 Å². The van der Waals surface area contributed by atoms with Crippen LogP contribution >= 0.6 is 0 Å². The summed E-state index contributed by atoms with van der Waals surface area (Å²) in [5, 5.41) is 0. The first-order chi connectivity index (χ1) is 8.60. The first kappa shape index (κ1) is 14.7. The standard InChI is InChI=1S/C12H24N6/c1-5-6-18(8-7-17(3)4)12-10(2)11(16-13)14-9-15-12/h9H,5-8,13H2,1-4H3,(H,14,15,16). The maximum Gasteiger partial charge on any atom is 0.148 e. The molecule has 0 unspecified atom stereocenters. The van der Waals surface area contributed by atoms with Crippen LogP contribution in [0.4, 0.5) is 11.6 Å². The maximum absolute atomic E-state index is 5.45. The number of hydrogen-bond donors (Lipinski definition) is 2. The van der Waals surface area contributed by atoms with Crippen LogP contribution in [0.25, 0.3) is 0 Å². The molecular formula is C12H24N6. The fraction of sp³-hybridized carbons (Fsp3) is 0.667. The molecule has 0 bridgehead atoms. The van der Waals surface area contributed by atoms with Gasteiger partial charge < -0.3 is 15.2 Å². The van der Waals surface area contributed by atoms with Crippen molar-refractivity contribution in [2.24, 2.45) is 5.84 Å². The van der Waals surface area contributed by atoms with Crippen LogP contribution in [0.1, 0.15) is 18.9 Å². The zero-order valence-electron chi connectivity index (χ0n) is 11.8. The lowest BCUT2D eigenvalue weighted by molar-refractivity contribution is 0.412. The van der Waals surface area contributed by atoms with Crippen LogP contribution in [0.2, 0.25) is 0 Å². The van der Waals surface area contributed by atoms with Gasteiger partial charge in [-0.3, -0.25) is 0 Å². The lowest BCUT2D eigenvalue weighted by Gasteiger charge is -2.26. The molecule has 0 aliphatic carbocycles. The fourth-order valence-corrected chi connectivity index (χ4v) is 1.82. The van der Waals surface area contributed by atoms with Gasteiger partial charge in [0.25, 0.3) is 0 Å². The number of rotatable bonds is 7. The van der Waals surface area contributed by atoms with E-state index in [1.807, 2.05) is 6.92 Å². The Bertz CT molecular complexity index is 366. The van der Waals surface area contributed by atoms with Crippen LogP contribution in [0.15, 0.2) is 6.33 Å². The minimum atomic E-state index is 0.686. The highest BCUT2D eigenvalue weighted by Gasteiger charge is 2.13. The summed E-state index contributed by atoms with van der Waals surface area (Å²) in [6.07, 6.45) is 2.64. The van der Waals surface area contributed by atoms with Crippen LogP contribution in [0, 0.1) is 6.92 Å². The largest absolute Gasteiger partial charge is 0.355 e. The Morgan fingerprint density at radius 1 is 1.22 bits per heavy atom. The summed E-state index contributed by atoms with van der Waals surface area (Å²) in [5.41, 5.74) is 3.60. The highest BCUT2D eigenvalue weighted by atomic mass is 15.3. The van der Waals surface area contributed by atoms with Crippen molar-refractivity contribution < 1.29 is 0 Å². The van der Waals surface area contributed by atoms with Crippen LogP contribution in [-0.2, 0) is 0 Å². The average Bonchev–Trinajstić information content (AvgIpc) is 2.35. The minimum Gasteiger partial charge on any atom is -0.355 e. The molecule has 0 aliphatic rings. The van der Waals surface area contributed by atoms with Crippen molar-refractivity contribution >= 4 is 11.6 Å². The van der Waals surface area contributed by atoms with Crippen molar-refractivity contribution in [2.45, 2.75) is 20.3 Å². The third kappa shape index (κ3) is 3.82. The van der Waals surface area contributed by atoms with E-state index < -0.39 is 0 Å². The third-order valence-corrected chi connectivity index (χ3v) is 2.80. The molecule has 0 saturated heterocycles. The van der Waals surface area contributed by atoms with E-state index in [9.17, 15) is 0 Å². The normalized spacial score (nSPS) is 10.8. The van der Waals surface area contributed by atoms with Crippen molar-refractivity contribution in [2.75, 3.05) is 44.1 Å². The summed E-state index contributed by atoms with van der Waals surface area (Å²) < 4.78 is 0. The monoisotopic (exact) mass is 252 g/mol. The van der Waals surface area contributed by atoms with Gasteiger partial charge in [0, 0.05) is 25.2 Å². The van der Waals surface area contributed by atoms with E-state index >= 15 is 0 Å². The van der Waals surface area contributed by atoms with Crippen molar-refractivity contribution in [3.63, 3.8) is 0 Å². The molecule has 18 heavy (non-hydrogen) atoms. The minimum absolute atomic E-state index is 0.686. The number of nitrogens with one attached hydrogen (secondary N) is 1. The lowest BCUT2D eigenvalue weighted by atomic mass is 10.2. The molecule has 0 aromatic carbocycles. The van der Waals surface area contributed by atoms with Gasteiger partial charge in [0.05, 0.1) is 0 Å². The summed E-state index contributed by atoms with van der Waals surface area (Å²) >= 11 is 0. The number of likely N-dealkylation sites (N-methyl/N-ethyl adjacent to an activating group) is 1. The predicted molar refractivity (Wildman–Crippen MR) is 75.6 cm³/mol. The molecule has 6 nitrogen and oxygen atoms in total. The number of aromatic nitrogens is 2. The number of nitrogens with two attached hydrogens (primary N) is 1. The second kappa shape index (κ2) is 7.13. The fourth-order valence-electron chi connectivity index (χ4n) is 1.82. The van der Waals surface area contributed by atoms with Crippen LogP contribution in [-0.4, -0.2) is 48.6 Å². The molecule has 1 heterocycles. The summed E-state index contributed by atoms with van der Waals surface area (Å²) in [7, 11) is 4.15. The molecule has 1 aromatic heterocycles. The zero-order chi connectivity index (χ0) is 13.5. The van der Waals surface area contributed by atoms with Crippen LogP contribution in [0.5, 0.6) is 0 Å². The van der Waals surface area contributed by atoms with Crippen molar-refractivity contribution in [3.05, 3.63) is 11.9 Å². The zero-order valence-corrected chi connectivity index (χ0v) is 11.8. The second-order valence-electron chi connectivity index (χ2n) is 4.61. The average molecular weight is 252 g/mol. The molecule has 102 valence electrons. The molecule has 0 atom stereocenters. The molecule has 6 heteroatoms. The molecule has 1 aromatic rings. The Morgan fingerprint density at radius 2 is 1.94 bits per heavy atom. The van der Waals surface area contributed by atoms with Crippen molar-refractivity contribution in [1.29, 1.82) is 0 Å². The van der Waals surface area contributed by atoms with E-state index in [-0.39, 0.29) is 0 Å². The van der Waals surface area contributed by atoms with Gasteiger partial charge in [-0.2, -0.15) is 0 Å². The van der Waals surface area contributed by atoms with Gasteiger partial charge in [-0.05, 0) is 27.4 Å². The van der Waals surface area contributed by atoms with E-state index in [0.29, 0.717) is 5.82 Å². The van der Waals surface area contributed by atoms with Gasteiger partial charge in [0.1, 0.15) is 18.0 Å². The van der Waals surface area contributed by atoms with Gasteiger partial charge in [-0.25, -0.2) is 15.8 Å². The van der Waals surface area contributed by atoms with Gasteiger partial charge in [-0.1, -0.05) is 6.92 Å². The quantitative estimate of drug-likeness (QED) is 0.554.